The van der Waals surface area contributed by atoms with Crippen LogP contribution in [0.1, 0.15) is 17.2 Å². The van der Waals surface area contributed by atoms with E-state index in [1.165, 1.54) is 0 Å². The van der Waals surface area contributed by atoms with E-state index in [-0.39, 0.29) is 19.3 Å². The van der Waals surface area contributed by atoms with Crippen LogP contribution in [0, 0.1) is 0 Å². The summed E-state index contributed by atoms with van der Waals surface area (Å²) < 4.78 is 5.23. The molecule has 0 aliphatic heterocycles. The Kier molecular flexibility index (Phi) is 7.53. The van der Waals surface area contributed by atoms with Crippen LogP contribution in [0.25, 0.3) is 0 Å². The molecule has 2 aromatic rings. The van der Waals surface area contributed by atoms with E-state index in [9.17, 15) is 10.2 Å². The van der Waals surface area contributed by atoms with Gasteiger partial charge in [0.2, 0.25) is 0 Å². The molecule has 130 valence electrons. The van der Waals surface area contributed by atoms with Crippen molar-refractivity contribution in [2.24, 2.45) is 0 Å². The molecule has 0 amide bonds. The van der Waals surface area contributed by atoms with Crippen molar-refractivity contribution in [2.45, 2.75) is 12.5 Å². The summed E-state index contributed by atoms with van der Waals surface area (Å²) in [4.78, 5) is 2.07. The molecule has 0 spiro atoms. The molecule has 0 saturated heterocycles. The topological polar surface area (TPSA) is 52.9 Å². The number of aliphatic hydroxyl groups is 2. The Hall–Kier alpha value is -1.59. The van der Waals surface area contributed by atoms with Gasteiger partial charge in [-0.2, -0.15) is 0 Å². The SMILES string of the molecule is COc1ccc([C@@H](Cc2ccccc2Cl)N(CCO)CCO)cc1. The second kappa shape index (κ2) is 9.64. The predicted octanol–water partition coefficient (Wildman–Crippen LogP) is 2.92. The van der Waals surface area contributed by atoms with E-state index in [1.807, 2.05) is 48.5 Å². The van der Waals surface area contributed by atoms with Crippen molar-refractivity contribution in [1.82, 2.24) is 4.90 Å². The molecule has 2 rings (SSSR count). The second-order valence-electron chi connectivity index (χ2n) is 5.57. The molecule has 0 fully saturated rings. The molecule has 5 heteroatoms. The third-order valence-electron chi connectivity index (χ3n) is 4.09. The average Bonchev–Trinajstić information content (AvgIpc) is 2.61. The van der Waals surface area contributed by atoms with Gasteiger partial charge in [-0.25, -0.2) is 0 Å². The number of ether oxygens (including phenoxy) is 1. The Morgan fingerprint density at radius 3 is 2.17 bits per heavy atom. The van der Waals surface area contributed by atoms with Crippen molar-refractivity contribution in [3.8, 4) is 5.75 Å². The number of halogens is 1. The number of aliphatic hydroxyl groups excluding tert-OH is 2. The third kappa shape index (κ3) is 4.95. The molecule has 0 bridgehead atoms. The highest BCUT2D eigenvalue weighted by Gasteiger charge is 2.21. The zero-order chi connectivity index (χ0) is 17.4. The molecular weight excluding hydrogens is 326 g/mol. The Morgan fingerprint density at radius 2 is 1.62 bits per heavy atom. The van der Waals surface area contributed by atoms with Crippen molar-refractivity contribution in [1.29, 1.82) is 0 Å². The summed E-state index contributed by atoms with van der Waals surface area (Å²) in [5.41, 5.74) is 2.14. The first kappa shape index (κ1) is 18.7. The van der Waals surface area contributed by atoms with Crippen LogP contribution in [0.3, 0.4) is 0 Å². The van der Waals surface area contributed by atoms with Crippen molar-refractivity contribution in [3.05, 3.63) is 64.7 Å². The van der Waals surface area contributed by atoms with Crippen LogP contribution in [-0.4, -0.2) is 48.5 Å². The molecule has 0 radical (unpaired) electrons. The van der Waals surface area contributed by atoms with Crippen LogP contribution in [0.15, 0.2) is 48.5 Å². The number of nitrogens with zero attached hydrogens (tertiary/aromatic N) is 1. The highest BCUT2D eigenvalue weighted by Crippen LogP contribution is 2.29. The number of hydrogen-bond acceptors (Lipinski definition) is 4. The maximum atomic E-state index is 9.39. The van der Waals surface area contributed by atoms with Gasteiger partial charge in [-0.05, 0) is 35.7 Å². The summed E-state index contributed by atoms with van der Waals surface area (Å²) in [6.45, 7) is 1.05. The highest BCUT2D eigenvalue weighted by atomic mass is 35.5. The molecule has 1 atom stereocenters. The van der Waals surface area contributed by atoms with Gasteiger partial charge in [0.15, 0.2) is 0 Å². The molecular formula is C19H24ClNO3. The monoisotopic (exact) mass is 349 g/mol. The van der Waals surface area contributed by atoms with Gasteiger partial charge < -0.3 is 14.9 Å². The molecule has 2 N–H and O–H groups in total. The Morgan fingerprint density at radius 1 is 1.00 bits per heavy atom. The molecule has 2 aromatic carbocycles. The van der Waals surface area contributed by atoms with E-state index in [4.69, 9.17) is 16.3 Å². The van der Waals surface area contributed by atoms with E-state index < -0.39 is 0 Å². The maximum Gasteiger partial charge on any atom is 0.118 e. The molecule has 0 saturated carbocycles. The van der Waals surface area contributed by atoms with Crippen LogP contribution >= 0.6 is 11.6 Å². The predicted molar refractivity (Wildman–Crippen MR) is 96.6 cm³/mol. The average molecular weight is 350 g/mol. The summed E-state index contributed by atoms with van der Waals surface area (Å²) in [6.07, 6.45) is 0.700. The van der Waals surface area contributed by atoms with Crippen molar-refractivity contribution in [2.75, 3.05) is 33.4 Å². The largest absolute Gasteiger partial charge is 0.497 e. The first-order chi connectivity index (χ1) is 11.7. The normalized spacial score (nSPS) is 12.4. The standard InChI is InChI=1S/C19H24ClNO3/c1-24-17-8-6-15(7-9-17)19(21(10-12-22)11-13-23)14-16-4-2-3-5-18(16)20/h2-9,19,22-23H,10-14H2,1H3/t19-/m1/s1. The minimum absolute atomic E-state index is 0.00936. The van der Waals surface area contributed by atoms with Crippen LogP contribution in [0.5, 0.6) is 5.75 Å². The summed E-state index contributed by atoms with van der Waals surface area (Å²) in [6, 6.07) is 15.6. The summed E-state index contributed by atoms with van der Waals surface area (Å²) in [5.74, 6) is 0.797. The molecule has 24 heavy (non-hydrogen) atoms. The van der Waals surface area contributed by atoms with Crippen molar-refractivity contribution in [3.63, 3.8) is 0 Å². The number of hydrogen-bond donors (Lipinski definition) is 2. The number of methoxy groups -OCH3 is 1. The Balaban J connectivity index is 2.33. The van der Waals surface area contributed by atoms with E-state index in [0.29, 0.717) is 19.5 Å². The second-order valence-corrected chi connectivity index (χ2v) is 5.97. The van der Waals surface area contributed by atoms with Gasteiger partial charge in [0.1, 0.15) is 5.75 Å². The van der Waals surface area contributed by atoms with E-state index in [1.54, 1.807) is 7.11 Å². The molecule has 0 unspecified atom stereocenters. The Bertz CT molecular complexity index is 612. The fourth-order valence-corrected chi connectivity index (χ4v) is 3.05. The lowest BCUT2D eigenvalue weighted by molar-refractivity contribution is 0.121. The van der Waals surface area contributed by atoms with Crippen molar-refractivity contribution >= 4 is 11.6 Å². The van der Waals surface area contributed by atoms with Gasteiger partial charge in [-0.15, -0.1) is 0 Å². The number of rotatable bonds is 9. The fraction of sp³-hybridized carbons (Fsp3) is 0.368. The first-order valence-electron chi connectivity index (χ1n) is 8.02. The van der Waals surface area contributed by atoms with Crippen LogP contribution < -0.4 is 4.74 Å². The van der Waals surface area contributed by atoms with Crippen LogP contribution in [0.4, 0.5) is 0 Å². The van der Waals surface area contributed by atoms with Gasteiger partial charge >= 0.3 is 0 Å². The van der Waals surface area contributed by atoms with Gasteiger partial charge in [0.25, 0.3) is 0 Å². The lowest BCUT2D eigenvalue weighted by Crippen LogP contribution is -2.35. The molecule has 0 aliphatic carbocycles. The third-order valence-corrected chi connectivity index (χ3v) is 4.46. The van der Waals surface area contributed by atoms with Gasteiger partial charge in [0.05, 0.1) is 20.3 Å². The van der Waals surface area contributed by atoms with Crippen LogP contribution in [-0.2, 0) is 6.42 Å². The highest BCUT2D eigenvalue weighted by molar-refractivity contribution is 6.31. The summed E-state index contributed by atoms with van der Waals surface area (Å²) >= 11 is 6.32. The smallest absolute Gasteiger partial charge is 0.118 e. The summed E-state index contributed by atoms with van der Waals surface area (Å²) in [7, 11) is 1.64. The van der Waals surface area contributed by atoms with E-state index in [2.05, 4.69) is 4.90 Å². The van der Waals surface area contributed by atoms with Gasteiger partial charge in [-0.3, -0.25) is 4.90 Å². The van der Waals surface area contributed by atoms with Crippen LogP contribution in [0.2, 0.25) is 5.02 Å². The quantitative estimate of drug-likeness (QED) is 0.731. The minimum Gasteiger partial charge on any atom is -0.497 e. The fourth-order valence-electron chi connectivity index (χ4n) is 2.84. The first-order valence-corrected chi connectivity index (χ1v) is 8.40. The number of benzene rings is 2. The lowest BCUT2D eigenvalue weighted by atomic mass is 9.97. The zero-order valence-corrected chi connectivity index (χ0v) is 14.6. The van der Waals surface area contributed by atoms with E-state index >= 15 is 0 Å². The molecule has 0 aliphatic rings. The molecule has 0 heterocycles. The molecule has 0 aromatic heterocycles. The molecule has 4 nitrogen and oxygen atoms in total. The van der Waals surface area contributed by atoms with E-state index in [0.717, 1.165) is 21.9 Å². The Labute approximate surface area is 148 Å². The van der Waals surface area contributed by atoms with Gasteiger partial charge in [0, 0.05) is 24.2 Å². The zero-order valence-electron chi connectivity index (χ0n) is 13.9. The van der Waals surface area contributed by atoms with Crippen molar-refractivity contribution < 1.29 is 14.9 Å². The maximum absolute atomic E-state index is 9.39. The lowest BCUT2D eigenvalue weighted by Gasteiger charge is -2.31. The minimum atomic E-state index is 0.00936. The van der Waals surface area contributed by atoms with Gasteiger partial charge in [-0.1, -0.05) is 41.9 Å². The summed E-state index contributed by atoms with van der Waals surface area (Å²) in [5, 5.41) is 19.5.